The number of amides is 2. The number of likely N-dealkylation sites (tertiary alicyclic amines) is 1. The summed E-state index contributed by atoms with van der Waals surface area (Å²) < 4.78 is 6.25. The maximum absolute atomic E-state index is 12.3. The highest BCUT2D eigenvalue weighted by molar-refractivity contribution is 5.74. The summed E-state index contributed by atoms with van der Waals surface area (Å²) in [6, 6.07) is 6.58. The molecule has 0 saturated carbocycles. The van der Waals surface area contributed by atoms with Gasteiger partial charge in [0.15, 0.2) is 0 Å². The second-order valence-corrected chi connectivity index (χ2v) is 7.72. The zero-order valence-electron chi connectivity index (χ0n) is 15.6. The molecule has 2 fully saturated rings. The summed E-state index contributed by atoms with van der Waals surface area (Å²) in [6.45, 7) is 7.04. The third-order valence-corrected chi connectivity index (χ3v) is 5.19. The van der Waals surface area contributed by atoms with Crippen LogP contribution in [0.25, 0.3) is 0 Å². The fourth-order valence-electron chi connectivity index (χ4n) is 3.87. The molecule has 0 aromatic carbocycles. The first-order valence-electron chi connectivity index (χ1n) is 9.27. The Morgan fingerprint density at radius 3 is 3.08 bits per heavy atom. The van der Waals surface area contributed by atoms with E-state index in [1.165, 1.54) is 0 Å². The number of aromatic nitrogens is 1. The molecular weight excluding hydrogens is 316 g/mol. The molecule has 0 aliphatic carbocycles. The molecular formula is C19H30N4O2. The van der Waals surface area contributed by atoms with Gasteiger partial charge in [0.25, 0.3) is 0 Å². The quantitative estimate of drug-likeness (QED) is 0.908. The molecule has 1 N–H and O–H groups in total. The molecule has 6 heteroatoms. The number of carbonyl (C=O) groups is 1. The van der Waals surface area contributed by atoms with E-state index in [1.807, 2.05) is 37.1 Å². The Hall–Kier alpha value is -1.66. The molecule has 2 aliphatic heterocycles. The van der Waals surface area contributed by atoms with E-state index >= 15 is 0 Å². The monoisotopic (exact) mass is 346 g/mol. The lowest BCUT2D eigenvalue weighted by Gasteiger charge is -2.40. The Labute approximate surface area is 150 Å². The van der Waals surface area contributed by atoms with Crippen molar-refractivity contribution in [2.24, 2.45) is 0 Å². The molecule has 0 unspecified atom stereocenters. The number of nitrogens with zero attached hydrogens (tertiary/aromatic N) is 3. The van der Waals surface area contributed by atoms with Crippen molar-refractivity contribution in [1.29, 1.82) is 0 Å². The minimum atomic E-state index is -0.185. The number of likely N-dealkylation sites (N-methyl/N-ethyl adjacent to an activating group) is 1. The number of nitrogens with one attached hydrogen (secondary N) is 1. The summed E-state index contributed by atoms with van der Waals surface area (Å²) in [7, 11) is 2.13. The van der Waals surface area contributed by atoms with Gasteiger partial charge in [-0.15, -0.1) is 0 Å². The molecule has 2 amide bonds. The second-order valence-electron chi connectivity index (χ2n) is 7.72. The molecule has 3 heterocycles. The van der Waals surface area contributed by atoms with Crippen molar-refractivity contribution in [2.45, 2.75) is 57.3 Å². The van der Waals surface area contributed by atoms with Crippen LogP contribution in [0.4, 0.5) is 4.79 Å². The van der Waals surface area contributed by atoms with E-state index in [-0.39, 0.29) is 17.7 Å². The van der Waals surface area contributed by atoms with Crippen molar-refractivity contribution in [3.8, 4) is 0 Å². The largest absolute Gasteiger partial charge is 0.371 e. The summed E-state index contributed by atoms with van der Waals surface area (Å²) >= 11 is 0. The molecule has 0 bridgehead atoms. The van der Waals surface area contributed by atoms with Gasteiger partial charge in [0, 0.05) is 31.4 Å². The van der Waals surface area contributed by atoms with E-state index in [9.17, 15) is 4.79 Å². The summed E-state index contributed by atoms with van der Waals surface area (Å²) in [6.07, 6.45) is 4.85. The lowest BCUT2D eigenvalue weighted by molar-refractivity contribution is -0.0415. The van der Waals surface area contributed by atoms with Crippen molar-refractivity contribution in [1.82, 2.24) is 20.1 Å². The van der Waals surface area contributed by atoms with Crippen molar-refractivity contribution < 1.29 is 9.53 Å². The first-order valence-corrected chi connectivity index (χ1v) is 9.27. The molecule has 138 valence electrons. The van der Waals surface area contributed by atoms with Crippen LogP contribution in [0.2, 0.25) is 0 Å². The molecule has 1 aromatic rings. The molecule has 1 spiro atoms. The zero-order valence-corrected chi connectivity index (χ0v) is 15.6. The Bertz CT molecular complexity index is 580. The van der Waals surface area contributed by atoms with Crippen LogP contribution in [0.1, 0.15) is 38.8 Å². The van der Waals surface area contributed by atoms with Crippen LogP contribution in [-0.2, 0) is 11.3 Å². The van der Waals surface area contributed by atoms with Crippen molar-refractivity contribution in [3.63, 3.8) is 0 Å². The fourth-order valence-corrected chi connectivity index (χ4v) is 3.87. The number of carbonyl (C=O) groups excluding carboxylic acids is 1. The highest BCUT2D eigenvalue weighted by atomic mass is 16.5. The Morgan fingerprint density at radius 2 is 2.36 bits per heavy atom. The fraction of sp³-hybridized carbons (Fsp3) is 0.684. The maximum atomic E-state index is 12.3. The van der Waals surface area contributed by atoms with Crippen LogP contribution < -0.4 is 5.32 Å². The maximum Gasteiger partial charge on any atom is 0.317 e. The number of hydrogen-bond acceptors (Lipinski definition) is 4. The highest BCUT2D eigenvalue weighted by Gasteiger charge is 2.45. The van der Waals surface area contributed by atoms with Gasteiger partial charge in [-0.1, -0.05) is 6.07 Å². The predicted molar refractivity (Wildman–Crippen MR) is 97.3 cm³/mol. The van der Waals surface area contributed by atoms with E-state index in [0.29, 0.717) is 12.6 Å². The van der Waals surface area contributed by atoms with Crippen molar-refractivity contribution in [3.05, 3.63) is 30.1 Å². The third kappa shape index (κ3) is 4.50. The van der Waals surface area contributed by atoms with E-state index in [4.69, 9.17) is 4.74 Å². The van der Waals surface area contributed by atoms with Gasteiger partial charge in [-0.2, -0.15) is 0 Å². The summed E-state index contributed by atoms with van der Waals surface area (Å²) in [5, 5.41) is 3.00. The minimum Gasteiger partial charge on any atom is -0.371 e. The Balaban J connectivity index is 1.58. The normalized spacial score (nSPS) is 26.6. The zero-order chi connectivity index (χ0) is 17.9. The Kier molecular flexibility index (Phi) is 5.59. The molecule has 2 aliphatic rings. The average Bonchev–Trinajstić information content (AvgIpc) is 2.99. The highest BCUT2D eigenvalue weighted by Crippen LogP contribution is 2.36. The van der Waals surface area contributed by atoms with E-state index in [1.54, 1.807) is 0 Å². The smallest absolute Gasteiger partial charge is 0.317 e. The van der Waals surface area contributed by atoms with E-state index in [0.717, 1.165) is 44.7 Å². The molecule has 25 heavy (non-hydrogen) atoms. The molecule has 0 radical (unpaired) electrons. The first kappa shape index (κ1) is 18.1. The van der Waals surface area contributed by atoms with Crippen LogP contribution in [0.5, 0.6) is 0 Å². The Morgan fingerprint density at radius 1 is 1.52 bits per heavy atom. The molecule has 2 atom stereocenters. The number of urea groups is 1. The standard InChI is InChI=1S/C19H30N4O2/c1-15(2)21-18(24)23-10-6-8-19(14-23)11-17(13-25-19)22(3)12-16-7-4-5-9-20-16/h4-5,7,9,15,17H,6,8,10-14H2,1-3H3,(H,21,24)/t17-,19-/m0/s1. The van der Waals surface area contributed by atoms with Gasteiger partial charge >= 0.3 is 6.03 Å². The summed E-state index contributed by atoms with van der Waals surface area (Å²) in [4.78, 5) is 21.0. The van der Waals surface area contributed by atoms with E-state index < -0.39 is 0 Å². The minimum absolute atomic E-state index is 0.0305. The molecule has 2 saturated heterocycles. The lowest BCUT2D eigenvalue weighted by Crippen LogP contribution is -2.54. The number of hydrogen-bond donors (Lipinski definition) is 1. The van der Waals surface area contributed by atoms with Crippen LogP contribution in [0.15, 0.2) is 24.4 Å². The molecule has 3 rings (SSSR count). The van der Waals surface area contributed by atoms with Gasteiger partial charge in [-0.3, -0.25) is 9.88 Å². The van der Waals surface area contributed by atoms with Crippen molar-refractivity contribution >= 4 is 6.03 Å². The first-order chi connectivity index (χ1) is 12.0. The molecule has 1 aromatic heterocycles. The van der Waals surface area contributed by atoms with Gasteiger partial charge in [-0.25, -0.2) is 4.79 Å². The third-order valence-electron chi connectivity index (χ3n) is 5.19. The van der Waals surface area contributed by atoms with Crippen LogP contribution in [0, 0.1) is 0 Å². The number of ether oxygens (including phenoxy) is 1. The summed E-state index contributed by atoms with van der Waals surface area (Å²) in [5.41, 5.74) is 0.892. The number of rotatable bonds is 4. The van der Waals surface area contributed by atoms with E-state index in [2.05, 4.69) is 28.3 Å². The topological polar surface area (TPSA) is 57.7 Å². The van der Waals surface area contributed by atoms with Gasteiger partial charge < -0.3 is 15.0 Å². The summed E-state index contributed by atoms with van der Waals surface area (Å²) in [5.74, 6) is 0. The van der Waals surface area contributed by atoms with Crippen LogP contribution >= 0.6 is 0 Å². The van der Waals surface area contributed by atoms with Gasteiger partial charge in [0.05, 0.1) is 24.4 Å². The second kappa shape index (κ2) is 7.70. The van der Waals surface area contributed by atoms with Gasteiger partial charge in [0.1, 0.15) is 0 Å². The lowest BCUT2D eigenvalue weighted by atomic mass is 9.88. The van der Waals surface area contributed by atoms with Gasteiger partial charge in [-0.05, 0) is 52.3 Å². The molecule has 6 nitrogen and oxygen atoms in total. The van der Waals surface area contributed by atoms with Crippen LogP contribution in [-0.4, -0.2) is 65.2 Å². The number of pyridine rings is 1. The predicted octanol–water partition coefficient (Wildman–Crippen LogP) is 2.25. The average molecular weight is 346 g/mol. The van der Waals surface area contributed by atoms with Crippen LogP contribution in [0.3, 0.4) is 0 Å². The van der Waals surface area contributed by atoms with Gasteiger partial charge in [0.2, 0.25) is 0 Å². The SMILES string of the molecule is CC(C)NC(=O)N1CCC[C@]2(C[C@H](N(C)Cc3ccccn3)CO2)C1. The number of piperidine rings is 1. The van der Waals surface area contributed by atoms with Crippen molar-refractivity contribution in [2.75, 3.05) is 26.7 Å².